The summed E-state index contributed by atoms with van der Waals surface area (Å²) in [5.41, 5.74) is -0.424. The van der Waals surface area contributed by atoms with Gasteiger partial charge in [-0.15, -0.1) is 0 Å². The summed E-state index contributed by atoms with van der Waals surface area (Å²) < 4.78 is 13.7. The monoisotopic (exact) mass is 334 g/mol. The van der Waals surface area contributed by atoms with Crippen molar-refractivity contribution in [2.75, 3.05) is 6.54 Å². The minimum Gasteiger partial charge on any atom is -0.386 e. The van der Waals surface area contributed by atoms with Gasteiger partial charge in [0.2, 0.25) is 0 Å². The lowest BCUT2D eigenvalue weighted by atomic mass is 9.95. The number of aliphatic hydroxyl groups is 1. The third kappa shape index (κ3) is 2.62. The molecule has 3 rings (SSSR count). The van der Waals surface area contributed by atoms with Crippen molar-refractivity contribution in [3.05, 3.63) is 58.0 Å². The number of thiophene rings is 1. The Kier molecular flexibility index (Phi) is 3.91. The van der Waals surface area contributed by atoms with Gasteiger partial charge in [0.15, 0.2) is 0 Å². The van der Waals surface area contributed by atoms with Gasteiger partial charge in [-0.3, -0.25) is 9.69 Å². The molecule has 0 unspecified atom stereocenters. The molecular formula is C16H15FN2O3S. The van der Waals surface area contributed by atoms with Crippen LogP contribution in [0.4, 0.5) is 9.18 Å². The Balaban J connectivity index is 1.83. The number of β-amino-alcohol motifs (C(OH)–C–C–N with tert-alkyl or cyclic N) is 1. The fourth-order valence-corrected chi connectivity index (χ4v) is 3.39. The molecule has 3 amide bonds. The van der Waals surface area contributed by atoms with Gasteiger partial charge in [-0.1, -0.05) is 18.2 Å². The number of rotatable bonds is 4. The molecule has 5 nitrogen and oxygen atoms in total. The molecule has 1 aliphatic heterocycles. The molecule has 0 radical (unpaired) electrons. The topological polar surface area (TPSA) is 69.6 Å². The van der Waals surface area contributed by atoms with E-state index in [1.54, 1.807) is 24.4 Å². The van der Waals surface area contributed by atoms with E-state index in [0.29, 0.717) is 5.56 Å². The smallest absolute Gasteiger partial charge is 0.325 e. The first kappa shape index (κ1) is 15.6. The minimum absolute atomic E-state index is 0.0530. The predicted octanol–water partition coefficient (Wildman–Crippen LogP) is 2.39. The van der Waals surface area contributed by atoms with Gasteiger partial charge in [-0.2, -0.15) is 11.3 Å². The lowest BCUT2D eigenvalue weighted by molar-refractivity contribution is -0.132. The van der Waals surface area contributed by atoms with Gasteiger partial charge in [-0.05, 0) is 35.4 Å². The van der Waals surface area contributed by atoms with Gasteiger partial charge >= 0.3 is 6.03 Å². The molecule has 2 N–H and O–H groups in total. The van der Waals surface area contributed by atoms with Crippen molar-refractivity contribution in [2.45, 2.75) is 18.6 Å². The summed E-state index contributed by atoms with van der Waals surface area (Å²) in [6.07, 6.45) is -1.28. The highest BCUT2D eigenvalue weighted by molar-refractivity contribution is 7.08. The second-order valence-corrected chi connectivity index (χ2v) is 6.30. The number of hydrogen-bond acceptors (Lipinski definition) is 4. The first-order valence-corrected chi connectivity index (χ1v) is 7.97. The Labute approximate surface area is 136 Å². The Hall–Kier alpha value is -2.25. The second kappa shape index (κ2) is 5.75. The highest BCUT2D eigenvalue weighted by Crippen LogP contribution is 2.31. The van der Waals surface area contributed by atoms with Crippen molar-refractivity contribution in [3.8, 4) is 0 Å². The number of imide groups is 1. The van der Waals surface area contributed by atoms with Crippen LogP contribution in [0, 0.1) is 5.82 Å². The number of halogens is 1. The maximum Gasteiger partial charge on any atom is 0.325 e. The first-order valence-electron chi connectivity index (χ1n) is 7.03. The first-order chi connectivity index (χ1) is 10.9. The quantitative estimate of drug-likeness (QED) is 0.844. The molecule has 23 heavy (non-hydrogen) atoms. The van der Waals surface area contributed by atoms with Crippen molar-refractivity contribution in [3.63, 3.8) is 0 Å². The number of nitrogens with one attached hydrogen (secondary N) is 1. The van der Waals surface area contributed by atoms with Gasteiger partial charge < -0.3 is 10.4 Å². The van der Waals surface area contributed by atoms with Crippen LogP contribution in [0.3, 0.4) is 0 Å². The van der Waals surface area contributed by atoms with Crippen LogP contribution in [0.15, 0.2) is 41.1 Å². The number of carbonyl (C=O) groups is 2. The van der Waals surface area contributed by atoms with Crippen LogP contribution in [0.1, 0.15) is 24.2 Å². The summed E-state index contributed by atoms with van der Waals surface area (Å²) in [4.78, 5) is 25.7. The zero-order valence-corrected chi connectivity index (χ0v) is 13.1. The molecule has 120 valence electrons. The average Bonchev–Trinajstić information content (AvgIpc) is 3.12. The summed E-state index contributed by atoms with van der Waals surface area (Å²) in [6.45, 7) is 1.32. The van der Waals surface area contributed by atoms with Crippen molar-refractivity contribution >= 4 is 23.3 Å². The summed E-state index contributed by atoms with van der Waals surface area (Å²) in [7, 11) is 0. The van der Waals surface area contributed by atoms with Crippen LogP contribution in [0.5, 0.6) is 0 Å². The number of nitrogens with zero attached hydrogens (tertiary/aromatic N) is 1. The number of aliphatic hydroxyl groups excluding tert-OH is 1. The van der Waals surface area contributed by atoms with Crippen LogP contribution in [0.2, 0.25) is 0 Å². The van der Waals surface area contributed by atoms with E-state index in [1.165, 1.54) is 29.5 Å². The lowest BCUT2D eigenvalue weighted by Gasteiger charge is -2.22. The lowest BCUT2D eigenvalue weighted by Crippen LogP contribution is -2.41. The number of amides is 3. The third-order valence-electron chi connectivity index (χ3n) is 3.99. The third-order valence-corrected chi connectivity index (χ3v) is 4.68. The van der Waals surface area contributed by atoms with Crippen molar-refractivity contribution in [2.24, 2.45) is 0 Å². The van der Waals surface area contributed by atoms with E-state index >= 15 is 0 Å². The molecule has 1 fully saturated rings. The SMILES string of the molecule is C[C@]1(c2ccsc2)NC(=O)N(C[C@H](O)c2ccccc2F)C1=O. The van der Waals surface area contributed by atoms with Gasteiger partial charge in [-0.25, -0.2) is 9.18 Å². The highest BCUT2D eigenvalue weighted by atomic mass is 32.1. The van der Waals surface area contributed by atoms with Crippen LogP contribution in [-0.4, -0.2) is 28.5 Å². The second-order valence-electron chi connectivity index (χ2n) is 5.52. The van der Waals surface area contributed by atoms with Crippen molar-refractivity contribution in [1.29, 1.82) is 0 Å². The minimum atomic E-state index is -1.28. The van der Waals surface area contributed by atoms with Crippen LogP contribution >= 0.6 is 11.3 Å². The van der Waals surface area contributed by atoms with E-state index < -0.39 is 29.4 Å². The maximum atomic E-state index is 13.7. The molecule has 2 aromatic rings. The van der Waals surface area contributed by atoms with Gasteiger partial charge in [0.25, 0.3) is 5.91 Å². The molecular weight excluding hydrogens is 319 g/mol. The maximum absolute atomic E-state index is 13.7. The summed E-state index contributed by atoms with van der Waals surface area (Å²) >= 11 is 1.42. The molecule has 7 heteroatoms. The Morgan fingerprint density at radius 2 is 2.09 bits per heavy atom. The molecule has 1 aromatic heterocycles. The zero-order valence-electron chi connectivity index (χ0n) is 12.3. The molecule has 0 saturated carbocycles. The van der Waals surface area contributed by atoms with Gasteiger partial charge in [0.05, 0.1) is 12.6 Å². The van der Waals surface area contributed by atoms with E-state index in [-0.39, 0.29) is 12.1 Å². The average molecular weight is 334 g/mol. The molecule has 0 spiro atoms. The normalized spacial score (nSPS) is 22.3. The summed E-state index contributed by atoms with van der Waals surface area (Å²) in [6, 6.07) is 6.91. The molecule has 1 aliphatic rings. The molecule has 0 aliphatic carbocycles. The molecule has 2 atom stereocenters. The number of urea groups is 1. The number of hydrogen-bond donors (Lipinski definition) is 2. The zero-order chi connectivity index (χ0) is 16.6. The van der Waals surface area contributed by atoms with Crippen molar-refractivity contribution in [1.82, 2.24) is 10.2 Å². The summed E-state index contributed by atoms with van der Waals surface area (Å²) in [5.74, 6) is -1.04. The van der Waals surface area contributed by atoms with E-state index in [9.17, 15) is 19.1 Å². The van der Waals surface area contributed by atoms with Gasteiger partial charge in [0.1, 0.15) is 11.4 Å². The molecule has 2 heterocycles. The van der Waals surface area contributed by atoms with Crippen LogP contribution < -0.4 is 5.32 Å². The van der Waals surface area contributed by atoms with Gasteiger partial charge in [0, 0.05) is 5.56 Å². The Morgan fingerprint density at radius 3 is 2.74 bits per heavy atom. The van der Waals surface area contributed by atoms with Crippen molar-refractivity contribution < 1.29 is 19.1 Å². The molecule has 1 aromatic carbocycles. The van der Waals surface area contributed by atoms with E-state index in [1.807, 2.05) is 5.38 Å². The van der Waals surface area contributed by atoms with E-state index in [4.69, 9.17) is 0 Å². The van der Waals surface area contributed by atoms with E-state index in [0.717, 1.165) is 4.90 Å². The van der Waals surface area contributed by atoms with E-state index in [2.05, 4.69) is 5.32 Å². The van der Waals surface area contributed by atoms with Crippen LogP contribution in [0.25, 0.3) is 0 Å². The Morgan fingerprint density at radius 1 is 1.35 bits per heavy atom. The summed E-state index contributed by atoms with van der Waals surface area (Å²) in [5, 5.41) is 16.4. The molecule has 0 bridgehead atoms. The number of carbonyl (C=O) groups excluding carboxylic acids is 2. The molecule has 1 saturated heterocycles. The Bertz CT molecular complexity index is 750. The largest absolute Gasteiger partial charge is 0.386 e. The number of benzene rings is 1. The predicted molar refractivity (Wildman–Crippen MR) is 83.3 cm³/mol. The fourth-order valence-electron chi connectivity index (χ4n) is 2.62. The fraction of sp³-hybridized carbons (Fsp3) is 0.250. The van der Waals surface area contributed by atoms with Crippen LogP contribution in [-0.2, 0) is 10.3 Å². The highest BCUT2D eigenvalue weighted by Gasteiger charge is 2.49. The standard InChI is InChI=1S/C16H15FN2O3S/c1-16(10-6-7-23-9-10)14(21)19(15(22)18-16)8-13(20)11-4-2-3-5-12(11)17/h2-7,9,13,20H,8H2,1H3,(H,18,22)/t13-,16+/m0/s1.